The number of benzene rings is 1. The summed E-state index contributed by atoms with van der Waals surface area (Å²) in [5.41, 5.74) is 1.73. The first kappa shape index (κ1) is 22.1. The van der Waals surface area contributed by atoms with Crippen LogP contribution in [0.3, 0.4) is 0 Å². The molecule has 7 heteroatoms. The van der Waals surface area contributed by atoms with Crippen LogP contribution in [0.2, 0.25) is 0 Å². The molecule has 0 radical (unpaired) electrons. The molecule has 0 N–H and O–H groups in total. The van der Waals surface area contributed by atoms with Crippen LogP contribution in [0.15, 0.2) is 24.3 Å². The van der Waals surface area contributed by atoms with Gasteiger partial charge in [-0.05, 0) is 30.2 Å². The molecular formula is C23H29NO6. The maximum atomic E-state index is 12.4. The molecule has 1 aromatic carbocycles. The minimum atomic E-state index is -0.706. The van der Waals surface area contributed by atoms with Crippen LogP contribution < -0.4 is 0 Å². The molecule has 1 aromatic rings. The number of Topliss-reactive ketones (excluding diaryl/α,β-unsaturated/α-hetero) is 2. The number of hydrogen-bond acceptors (Lipinski definition) is 6. The molecule has 162 valence electrons. The maximum Gasteiger partial charge on any atom is 0.306 e. The van der Waals surface area contributed by atoms with E-state index in [0.717, 1.165) is 0 Å². The molecule has 2 fully saturated rings. The summed E-state index contributed by atoms with van der Waals surface area (Å²) < 4.78 is 5.09. The van der Waals surface area contributed by atoms with Gasteiger partial charge in [0.15, 0.2) is 12.4 Å². The highest BCUT2D eigenvalue weighted by molar-refractivity contribution is 5.98. The summed E-state index contributed by atoms with van der Waals surface area (Å²) in [6.07, 6.45) is 6.16. The molecule has 0 saturated heterocycles. The molecule has 7 nitrogen and oxygen atoms in total. The Morgan fingerprint density at radius 2 is 1.80 bits per heavy atom. The van der Waals surface area contributed by atoms with Gasteiger partial charge in [-0.25, -0.2) is 0 Å². The third kappa shape index (κ3) is 5.52. The van der Waals surface area contributed by atoms with Gasteiger partial charge in [-0.15, -0.1) is 0 Å². The molecule has 30 heavy (non-hydrogen) atoms. The predicted octanol–water partition coefficient (Wildman–Crippen LogP) is 3.97. The summed E-state index contributed by atoms with van der Waals surface area (Å²) in [6, 6.07) is 7.50. The third-order valence-corrected chi connectivity index (χ3v) is 6.60. The summed E-state index contributed by atoms with van der Waals surface area (Å²) in [5, 5.41) is 10.9. The fourth-order valence-electron chi connectivity index (χ4n) is 4.84. The van der Waals surface area contributed by atoms with Crippen molar-refractivity contribution in [1.82, 2.24) is 0 Å². The van der Waals surface area contributed by atoms with Gasteiger partial charge in [0.2, 0.25) is 6.54 Å². The van der Waals surface area contributed by atoms with E-state index in [1.54, 1.807) is 19.1 Å². The van der Waals surface area contributed by atoms with Crippen LogP contribution in [-0.2, 0) is 14.3 Å². The highest BCUT2D eigenvalue weighted by Crippen LogP contribution is 2.36. The van der Waals surface area contributed by atoms with Crippen molar-refractivity contribution >= 4 is 17.5 Å². The number of hydrogen-bond donors (Lipinski definition) is 0. The molecule has 0 amide bonds. The number of nitrogens with zero attached hydrogens (tertiary/aromatic N) is 1. The molecule has 3 rings (SSSR count). The molecule has 2 aliphatic rings. The lowest BCUT2D eigenvalue weighted by Crippen LogP contribution is -2.28. The number of ketones is 2. The van der Waals surface area contributed by atoms with Crippen LogP contribution in [-0.4, -0.2) is 35.6 Å². The summed E-state index contributed by atoms with van der Waals surface area (Å²) in [4.78, 5) is 47.1. The molecule has 0 unspecified atom stereocenters. The van der Waals surface area contributed by atoms with Gasteiger partial charge < -0.3 is 4.74 Å². The van der Waals surface area contributed by atoms with Gasteiger partial charge in [0.25, 0.3) is 0 Å². The largest absolute Gasteiger partial charge is 0.457 e. The van der Waals surface area contributed by atoms with Gasteiger partial charge in [0.05, 0.1) is 6.42 Å². The Labute approximate surface area is 176 Å². The zero-order valence-corrected chi connectivity index (χ0v) is 17.4. The molecule has 2 saturated carbocycles. The summed E-state index contributed by atoms with van der Waals surface area (Å²) in [6.45, 7) is 1.06. The predicted molar refractivity (Wildman–Crippen MR) is 110 cm³/mol. The molecule has 0 heterocycles. The van der Waals surface area contributed by atoms with E-state index in [1.807, 2.05) is 12.1 Å². The Morgan fingerprint density at radius 3 is 2.43 bits per heavy atom. The van der Waals surface area contributed by atoms with Crippen molar-refractivity contribution in [1.29, 1.82) is 0 Å². The first-order valence-corrected chi connectivity index (χ1v) is 10.8. The number of rotatable bonds is 8. The Bertz CT molecular complexity index is 796. The quantitative estimate of drug-likeness (QED) is 0.275. The van der Waals surface area contributed by atoms with E-state index in [-0.39, 0.29) is 36.9 Å². The average molecular weight is 415 g/mol. The molecule has 2 aliphatic carbocycles. The normalized spacial score (nSPS) is 24.6. The molecule has 3 atom stereocenters. The van der Waals surface area contributed by atoms with Crippen molar-refractivity contribution in [2.24, 2.45) is 17.8 Å². The van der Waals surface area contributed by atoms with E-state index in [2.05, 4.69) is 0 Å². The van der Waals surface area contributed by atoms with Crippen molar-refractivity contribution in [3.8, 4) is 0 Å². The monoisotopic (exact) mass is 415 g/mol. The van der Waals surface area contributed by atoms with Crippen LogP contribution in [0.5, 0.6) is 0 Å². The Morgan fingerprint density at radius 1 is 1.13 bits per heavy atom. The summed E-state index contributed by atoms with van der Waals surface area (Å²) >= 11 is 0. The van der Waals surface area contributed by atoms with E-state index in [0.29, 0.717) is 11.5 Å². The lowest BCUT2D eigenvalue weighted by Gasteiger charge is -2.22. The second-order valence-corrected chi connectivity index (χ2v) is 8.68. The summed E-state index contributed by atoms with van der Waals surface area (Å²) in [5.74, 6) is -1.86. The number of ether oxygens (including phenoxy) is 1. The highest BCUT2D eigenvalue weighted by atomic mass is 16.6. The molecule has 0 aliphatic heterocycles. The molecule has 0 bridgehead atoms. The van der Waals surface area contributed by atoms with Crippen molar-refractivity contribution in [3.63, 3.8) is 0 Å². The van der Waals surface area contributed by atoms with E-state index in [9.17, 15) is 24.5 Å². The molecular weight excluding hydrogens is 386 g/mol. The Balaban J connectivity index is 1.50. The third-order valence-electron chi connectivity index (χ3n) is 6.60. The van der Waals surface area contributed by atoms with Crippen molar-refractivity contribution in [2.45, 2.75) is 57.8 Å². The van der Waals surface area contributed by atoms with Crippen molar-refractivity contribution < 1.29 is 24.0 Å². The molecule has 0 aromatic heterocycles. The fraction of sp³-hybridized carbons (Fsp3) is 0.609. The summed E-state index contributed by atoms with van der Waals surface area (Å²) in [7, 11) is 0. The first-order valence-electron chi connectivity index (χ1n) is 10.8. The van der Waals surface area contributed by atoms with E-state index >= 15 is 0 Å². The topological polar surface area (TPSA) is 104 Å². The highest BCUT2D eigenvalue weighted by Gasteiger charge is 2.44. The number of nitro groups is 1. The van der Waals surface area contributed by atoms with Crippen LogP contribution in [0.4, 0.5) is 0 Å². The van der Waals surface area contributed by atoms with E-state index < -0.39 is 29.3 Å². The average Bonchev–Trinajstić information content (AvgIpc) is 2.99. The van der Waals surface area contributed by atoms with Crippen LogP contribution in [0.1, 0.15) is 73.7 Å². The van der Waals surface area contributed by atoms with Crippen LogP contribution >= 0.6 is 0 Å². The fourth-order valence-corrected chi connectivity index (χ4v) is 4.84. The lowest BCUT2D eigenvalue weighted by atomic mass is 9.84. The van der Waals surface area contributed by atoms with Gasteiger partial charge in [-0.1, -0.05) is 50.5 Å². The van der Waals surface area contributed by atoms with E-state index in [1.165, 1.54) is 37.7 Å². The van der Waals surface area contributed by atoms with Crippen molar-refractivity contribution in [3.05, 3.63) is 45.5 Å². The van der Waals surface area contributed by atoms with Crippen molar-refractivity contribution in [2.75, 3.05) is 13.2 Å². The van der Waals surface area contributed by atoms with Gasteiger partial charge in [0, 0.05) is 28.7 Å². The van der Waals surface area contributed by atoms with Gasteiger partial charge in [-0.2, -0.15) is 0 Å². The minimum absolute atomic E-state index is 0.134. The zero-order chi connectivity index (χ0) is 21.7. The smallest absolute Gasteiger partial charge is 0.306 e. The lowest BCUT2D eigenvalue weighted by molar-refractivity contribution is -0.490. The number of carbonyl (C=O) groups is 3. The maximum absolute atomic E-state index is 12.4. The van der Waals surface area contributed by atoms with Gasteiger partial charge in [-0.3, -0.25) is 24.5 Å². The Kier molecular flexibility index (Phi) is 7.34. The SMILES string of the molecule is C[C@H]1CC(=O)[C@H](CC(=O)OCC(=O)c2ccc(C3CCCCC3)cc2)[C@@H]1C[N+](=O)[O-]. The second-order valence-electron chi connectivity index (χ2n) is 8.68. The zero-order valence-electron chi connectivity index (χ0n) is 17.4. The van der Waals surface area contributed by atoms with E-state index in [4.69, 9.17) is 4.74 Å². The number of carbonyl (C=O) groups excluding carboxylic acids is 3. The first-order chi connectivity index (χ1) is 14.3. The second kappa shape index (κ2) is 9.96. The standard InChI is InChI=1S/C23H29NO6/c1-15-11-21(25)19(20(15)13-24(28)29)12-23(27)30-14-22(26)18-9-7-17(8-10-18)16-5-3-2-4-6-16/h7-10,15-16,19-20H,2-6,11-14H2,1H3/t15-,19+,20+/m0/s1. The minimum Gasteiger partial charge on any atom is -0.457 e. The van der Waals surface area contributed by atoms with Gasteiger partial charge in [0.1, 0.15) is 5.78 Å². The molecule has 0 spiro atoms. The Hall–Kier alpha value is -2.57. The van der Waals surface area contributed by atoms with Crippen LogP contribution in [0, 0.1) is 27.9 Å². The van der Waals surface area contributed by atoms with Gasteiger partial charge >= 0.3 is 5.97 Å². The number of esters is 1. The van der Waals surface area contributed by atoms with Crippen LogP contribution in [0.25, 0.3) is 0 Å².